The van der Waals surface area contributed by atoms with Crippen molar-refractivity contribution >= 4 is 5.82 Å². The molecule has 1 saturated carbocycles. The van der Waals surface area contributed by atoms with Crippen LogP contribution in [0.15, 0.2) is 12.3 Å². The topological polar surface area (TPSA) is 82.1 Å². The summed E-state index contributed by atoms with van der Waals surface area (Å²) in [4.78, 5) is 10.9. The number of anilines is 1. The summed E-state index contributed by atoms with van der Waals surface area (Å²) in [6.45, 7) is 7.41. The quantitative estimate of drug-likeness (QED) is 0.809. The summed E-state index contributed by atoms with van der Waals surface area (Å²) in [5, 5.41) is 4.54. The highest BCUT2D eigenvalue weighted by Crippen LogP contribution is 2.39. The van der Waals surface area contributed by atoms with E-state index in [4.69, 9.17) is 10.5 Å². The summed E-state index contributed by atoms with van der Waals surface area (Å²) in [7, 11) is 0. The Morgan fingerprint density at radius 3 is 2.60 bits per heavy atom. The van der Waals surface area contributed by atoms with Gasteiger partial charge in [-0.1, -0.05) is 0 Å². The number of hydrogen-bond donors (Lipinski definition) is 1. The lowest BCUT2D eigenvalue weighted by molar-refractivity contribution is -0.137. The zero-order chi connectivity index (χ0) is 21.5. The molecule has 0 unspecified atom stereocenters. The Labute approximate surface area is 173 Å². The van der Waals surface area contributed by atoms with Gasteiger partial charge in [0.2, 0.25) is 0 Å². The van der Waals surface area contributed by atoms with E-state index in [2.05, 4.69) is 20.0 Å². The Balaban J connectivity index is 1.62. The van der Waals surface area contributed by atoms with Crippen molar-refractivity contribution in [2.75, 3.05) is 32.0 Å². The Morgan fingerprint density at radius 1 is 1.20 bits per heavy atom. The van der Waals surface area contributed by atoms with Crippen molar-refractivity contribution in [2.45, 2.75) is 57.3 Å². The van der Waals surface area contributed by atoms with Gasteiger partial charge in [0.15, 0.2) is 5.82 Å². The van der Waals surface area contributed by atoms with Crippen LogP contribution in [0.1, 0.15) is 56.5 Å². The smallest absolute Gasteiger partial charge is 0.383 e. The van der Waals surface area contributed by atoms with Crippen LogP contribution in [0.3, 0.4) is 0 Å². The average molecular weight is 424 g/mol. The van der Waals surface area contributed by atoms with Crippen molar-refractivity contribution < 1.29 is 17.9 Å². The third-order valence-electron chi connectivity index (χ3n) is 5.96. The fourth-order valence-electron chi connectivity index (χ4n) is 4.41. The van der Waals surface area contributed by atoms with E-state index in [0.29, 0.717) is 6.04 Å². The summed E-state index contributed by atoms with van der Waals surface area (Å²) < 4.78 is 47.0. The number of ether oxygens (including phenoxy) is 1. The van der Waals surface area contributed by atoms with Gasteiger partial charge in [-0.05, 0) is 39.2 Å². The molecule has 0 bridgehead atoms. The van der Waals surface area contributed by atoms with Crippen molar-refractivity contribution in [3.8, 4) is 11.4 Å². The average Bonchev–Trinajstić information content (AvgIpc) is 3.35. The number of nitrogens with zero attached hydrogens (tertiary/aromatic N) is 5. The molecule has 2 atom stereocenters. The molecule has 2 fully saturated rings. The van der Waals surface area contributed by atoms with Gasteiger partial charge >= 0.3 is 6.18 Å². The van der Waals surface area contributed by atoms with E-state index in [9.17, 15) is 13.2 Å². The maximum Gasteiger partial charge on any atom is 0.419 e. The molecular weight excluding hydrogens is 397 g/mol. The second-order valence-electron chi connectivity index (χ2n) is 8.30. The van der Waals surface area contributed by atoms with Crippen molar-refractivity contribution in [3.05, 3.63) is 23.7 Å². The van der Waals surface area contributed by atoms with E-state index in [-0.39, 0.29) is 23.3 Å². The minimum absolute atomic E-state index is 0.0486. The van der Waals surface area contributed by atoms with E-state index in [1.54, 1.807) is 0 Å². The molecule has 0 radical (unpaired) electrons. The number of hydrogen-bond acceptors (Lipinski definition) is 6. The molecule has 2 aromatic heterocycles. The Kier molecular flexibility index (Phi) is 5.71. The lowest BCUT2D eigenvalue weighted by Crippen LogP contribution is -2.42. The molecule has 0 amide bonds. The first-order chi connectivity index (χ1) is 14.2. The van der Waals surface area contributed by atoms with Gasteiger partial charge < -0.3 is 10.5 Å². The number of morpholine rings is 1. The lowest BCUT2D eigenvalue weighted by atomic mass is 10.1. The molecule has 2 aliphatic rings. The van der Waals surface area contributed by atoms with Gasteiger partial charge in [0.05, 0.1) is 18.8 Å². The normalized spacial score (nSPS) is 23.4. The zero-order valence-corrected chi connectivity index (χ0v) is 17.2. The third kappa shape index (κ3) is 4.15. The molecule has 2 aromatic rings. The Morgan fingerprint density at radius 2 is 1.93 bits per heavy atom. The maximum atomic E-state index is 13.2. The van der Waals surface area contributed by atoms with E-state index >= 15 is 0 Å². The second-order valence-corrected chi connectivity index (χ2v) is 8.30. The van der Waals surface area contributed by atoms with Gasteiger partial charge in [0, 0.05) is 42.9 Å². The summed E-state index contributed by atoms with van der Waals surface area (Å²) >= 11 is 0. The van der Waals surface area contributed by atoms with Gasteiger partial charge in [0.1, 0.15) is 11.6 Å². The summed E-state index contributed by atoms with van der Waals surface area (Å²) in [5.41, 5.74) is 4.69. The van der Waals surface area contributed by atoms with Gasteiger partial charge in [-0.2, -0.15) is 18.3 Å². The maximum absolute atomic E-state index is 13.2. The highest BCUT2D eigenvalue weighted by Gasteiger charge is 2.36. The number of aromatic nitrogens is 4. The summed E-state index contributed by atoms with van der Waals surface area (Å²) in [5.74, 6) is 0.775. The molecule has 1 aliphatic carbocycles. The van der Waals surface area contributed by atoms with Gasteiger partial charge in [-0.25, -0.2) is 14.6 Å². The first-order valence-corrected chi connectivity index (χ1v) is 10.4. The lowest BCUT2D eigenvalue weighted by Gasteiger charge is -2.32. The molecule has 2 N–H and O–H groups in total. The molecule has 0 aromatic carbocycles. The fourth-order valence-corrected chi connectivity index (χ4v) is 4.41. The molecule has 1 saturated heterocycles. The predicted molar refractivity (Wildman–Crippen MR) is 106 cm³/mol. The monoisotopic (exact) mass is 424 g/mol. The minimum atomic E-state index is -4.58. The van der Waals surface area contributed by atoms with Gasteiger partial charge in [0.25, 0.3) is 0 Å². The number of nitrogens with two attached hydrogens (primary N) is 1. The molecule has 0 spiro atoms. The molecule has 7 nitrogen and oxygen atoms in total. The fraction of sp³-hybridized carbons (Fsp3) is 0.650. The SMILES string of the molecule is CC(C)n1nc(-c2cnc(N)c(C(F)(F)F)c2)nc1[C@H]1CC[C@@H](N2CCOCC2)C1. The van der Waals surface area contributed by atoms with Crippen LogP contribution in [0.2, 0.25) is 0 Å². The molecule has 10 heteroatoms. The van der Waals surface area contributed by atoms with Crippen LogP contribution in [0.4, 0.5) is 19.0 Å². The van der Waals surface area contributed by atoms with Crippen LogP contribution in [0.25, 0.3) is 11.4 Å². The third-order valence-corrected chi connectivity index (χ3v) is 5.96. The van der Waals surface area contributed by atoms with Crippen LogP contribution >= 0.6 is 0 Å². The first-order valence-electron chi connectivity index (χ1n) is 10.4. The zero-order valence-electron chi connectivity index (χ0n) is 17.2. The van der Waals surface area contributed by atoms with Gasteiger partial charge in [-0.15, -0.1) is 0 Å². The highest BCUT2D eigenvalue weighted by atomic mass is 19.4. The van der Waals surface area contributed by atoms with Gasteiger partial charge in [-0.3, -0.25) is 4.90 Å². The summed E-state index contributed by atoms with van der Waals surface area (Å²) in [6, 6.07) is 1.51. The molecule has 1 aliphatic heterocycles. The Hall–Kier alpha value is -2.20. The van der Waals surface area contributed by atoms with Crippen LogP contribution in [-0.4, -0.2) is 57.0 Å². The number of pyridine rings is 1. The van der Waals surface area contributed by atoms with Crippen molar-refractivity contribution in [1.29, 1.82) is 0 Å². The molecule has 164 valence electrons. The molecule has 3 heterocycles. The minimum Gasteiger partial charge on any atom is -0.383 e. The number of alkyl halides is 3. The van der Waals surface area contributed by atoms with Crippen LogP contribution < -0.4 is 5.73 Å². The van der Waals surface area contributed by atoms with E-state index in [0.717, 1.165) is 57.5 Å². The predicted octanol–water partition coefficient (Wildman–Crippen LogP) is 3.49. The van der Waals surface area contributed by atoms with Crippen molar-refractivity contribution in [3.63, 3.8) is 0 Å². The molecular formula is C20H27F3N6O. The van der Waals surface area contributed by atoms with Crippen LogP contribution in [-0.2, 0) is 10.9 Å². The molecule has 4 rings (SSSR count). The van der Waals surface area contributed by atoms with E-state index < -0.39 is 17.6 Å². The van der Waals surface area contributed by atoms with Crippen LogP contribution in [0, 0.1) is 0 Å². The molecule has 30 heavy (non-hydrogen) atoms. The van der Waals surface area contributed by atoms with Crippen LogP contribution in [0.5, 0.6) is 0 Å². The number of nitrogen functional groups attached to an aromatic ring is 1. The Bertz CT molecular complexity index is 891. The first kappa shape index (κ1) is 21.0. The summed E-state index contributed by atoms with van der Waals surface area (Å²) in [6.07, 6.45) is -0.237. The standard InChI is InChI=1S/C20H27F3N6O/c1-12(2)29-19(13-3-4-15(9-13)28-5-7-30-8-6-28)26-18(27-29)14-10-16(20(21,22)23)17(24)25-11-14/h10-13,15H,3-9H2,1-2H3,(H2,24,25)/t13-,15+/m0/s1. The largest absolute Gasteiger partial charge is 0.419 e. The second kappa shape index (κ2) is 8.14. The van der Waals surface area contributed by atoms with Crippen molar-refractivity contribution in [2.24, 2.45) is 0 Å². The van der Waals surface area contributed by atoms with E-state index in [1.807, 2.05) is 18.5 Å². The number of rotatable bonds is 4. The highest BCUT2D eigenvalue weighted by molar-refractivity contribution is 5.59. The van der Waals surface area contributed by atoms with E-state index in [1.165, 1.54) is 6.20 Å². The van der Waals surface area contributed by atoms with Crippen molar-refractivity contribution in [1.82, 2.24) is 24.6 Å². The number of halogens is 3.